The molecular weight excluding hydrogens is 290 g/mol. The molecule has 3 heterocycles. The highest BCUT2D eigenvalue weighted by molar-refractivity contribution is 5.88. The first kappa shape index (κ1) is 16.0. The van der Waals surface area contributed by atoms with Gasteiger partial charge >= 0.3 is 5.97 Å². The Bertz CT molecular complexity index is 693. The quantitative estimate of drug-likeness (QED) is 0.814. The number of pyridine rings is 1. The van der Waals surface area contributed by atoms with Gasteiger partial charge in [-0.25, -0.2) is 9.78 Å². The lowest BCUT2D eigenvalue weighted by atomic mass is 9.93. The number of fused-ring (bicyclic) bond motifs is 1. The van der Waals surface area contributed by atoms with E-state index in [9.17, 15) is 4.79 Å². The summed E-state index contributed by atoms with van der Waals surface area (Å²) in [4.78, 5) is 19.1. The van der Waals surface area contributed by atoms with Crippen molar-refractivity contribution in [2.24, 2.45) is 5.92 Å². The van der Waals surface area contributed by atoms with Crippen LogP contribution in [0.5, 0.6) is 0 Å². The van der Waals surface area contributed by atoms with Crippen LogP contribution in [0.3, 0.4) is 0 Å². The summed E-state index contributed by atoms with van der Waals surface area (Å²) in [5.41, 5.74) is 1.49. The maximum atomic E-state index is 12.0. The molecule has 5 heteroatoms. The normalized spacial score (nSPS) is 19.4. The van der Waals surface area contributed by atoms with Gasteiger partial charge in [0.15, 0.2) is 0 Å². The predicted octanol–water partition coefficient (Wildman–Crippen LogP) is 2.78. The molecule has 23 heavy (non-hydrogen) atoms. The van der Waals surface area contributed by atoms with Gasteiger partial charge in [0, 0.05) is 19.0 Å². The number of piperidine rings is 1. The molecule has 0 aliphatic carbocycles. The van der Waals surface area contributed by atoms with Crippen LogP contribution < -0.4 is 0 Å². The minimum absolute atomic E-state index is 0.317. The lowest BCUT2D eigenvalue weighted by Crippen LogP contribution is -2.40. The third kappa shape index (κ3) is 3.24. The largest absolute Gasteiger partial charge is 0.464 e. The van der Waals surface area contributed by atoms with Crippen molar-refractivity contribution in [2.45, 2.75) is 39.2 Å². The topological polar surface area (TPSA) is 46.8 Å². The minimum Gasteiger partial charge on any atom is -0.464 e. The minimum atomic E-state index is -0.317. The number of likely N-dealkylation sites (tertiary alicyclic amines) is 1. The number of esters is 1. The van der Waals surface area contributed by atoms with Gasteiger partial charge in [-0.15, -0.1) is 0 Å². The van der Waals surface area contributed by atoms with Crippen molar-refractivity contribution < 1.29 is 9.53 Å². The van der Waals surface area contributed by atoms with Crippen molar-refractivity contribution in [3.05, 3.63) is 35.9 Å². The fourth-order valence-corrected chi connectivity index (χ4v) is 3.51. The number of carbonyl (C=O) groups is 1. The predicted molar refractivity (Wildman–Crippen MR) is 89.7 cm³/mol. The maximum absolute atomic E-state index is 12.0. The summed E-state index contributed by atoms with van der Waals surface area (Å²) in [5, 5.41) is 0. The Hall–Kier alpha value is -1.88. The molecular formula is C18H25N3O2. The van der Waals surface area contributed by atoms with Crippen molar-refractivity contribution in [3.8, 4) is 0 Å². The van der Waals surface area contributed by atoms with E-state index >= 15 is 0 Å². The average molecular weight is 315 g/mol. The zero-order chi connectivity index (χ0) is 16.4. The maximum Gasteiger partial charge on any atom is 0.355 e. The molecule has 0 spiro atoms. The van der Waals surface area contributed by atoms with E-state index in [1.54, 1.807) is 6.07 Å². The number of ether oxygens (including phenoxy) is 1. The standard InChI is InChI=1S/C18H25N3O2/c1-13(2)20-9-5-6-14(12-20)10-17-19-11-15-7-4-8-16(21(15)17)18(22)23-3/h4,7-8,11,13-14H,5-6,9-10,12H2,1-3H3. The number of nitrogens with zero attached hydrogens (tertiary/aromatic N) is 3. The monoisotopic (exact) mass is 315 g/mol. The lowest BCUT2D eigenvalue weighted by Gasteiger charge is -2.35. The Kier molecular flexibility index (Phi) is 4.66. The molecule has 0 amide bonds. The van der Waals surface area contributed by atoms with Crippen LogP contribution in [0.15, 0.2) is 24.4 Å². The van der Waals surface area contributed by atoms with E-state index < -0.39 is 0 Å². The third-order valence-corrected chi connectivity index (χ3v) is 4.77. The first-order valence-electron chi connectivity index (χ1n) is 8.38. The number of rotatable bonds is 4. The molecule has 0 N–H and O–H groups in total. The van der Waals surface area contributed by atoms with Gasteiger partial charge in [-0.05, 0) is 51.3 Å². The van der Waals surface area contributed by atoms with Crippen LogP contribution in [0, 0.1) is 5.92 Å². The Morgan fingerprint density at radius 2 is 2.26 bits per heavy atom. The summed E-state index contributed by atoms with van der Waals surface area (Å²) >= 11 is 0. The van der Waals surface area contributed by atoms with E-state index in [-0.39, 0.29) is 5.97 Å². The number of methoxy groups -OCH3 is 1. The SMILES string of the molecule is COC(=O)c1cccc2cnc(CC3CCCN(C(C)C)C3)n12. The van der Waals surface area contributed by atoms with E-state index in [1.807, 2.05) is 22.7 Å². The molecule has 0 aromatic carbocycles. The van der Waals surface area contributed by atoms with Gasteiger partial charge in [0.2, 0.25) is 0 Å². The van der Waals surface area contributed by atoms with Gasteiger partial charge in [0.1, 0.15) is 11.5 Å². The van der Waals surface area contributed by atoms with E-state index in [0.717, 1.165) is 24.3 Å². The molecule has 1 aliphatic rings. The Labute approximate surface area is 137 Å². The molecule has 0 bridgehead atoms. The number of hydrogen-bond donors (Lipinski definition) is 0. The van der Waals surface area contributed by atoms with Crippen LogP contribution in [0.2, 0.25) is 0 Å². The number of imidazole rings is 1. The van der Waals surface area contributed by atoms with E-state index in [4.69, 9.17) is 4.74 Å². The molecule has 1 fully saturated rings. The summed E-state index contributed by atoms with van der Waals surface area (Å²) < 4.78 is 6.86. The number of hydrogen-bond acceptors (Lipinski definition) is 4. The molecule has 1 unspecified atom stereocenters. The van der Waals surface area contributed by atoms with Crippen LogP contribution >= 0.6 is 0 Å². The van der Waals surface area contributed by atoms with Crippen molar-refractivity contribution in [1.29, 1.82) is 0 Å². The van der Waals surface area contributed by atoms with Crippen LogP contribution in [0.25, 0.3) is 5.52 Å². The molecule has 1 saturated heterocycles. The molecule has 1 aliphatic heterocycles. The third-order valence-electron chi connectivity index (χ3n) is 4.77. The van der Waals surface area contributed by atoms with E-state index in [1.165, 1.54) is 26.5 Å². The highest BCUT2D eigenvalue weighted by Gasteiger charge is 2.24. The fraction of sp³-hybridized carbons (Fsp3) is 0.556. The Morgan fingerprint density at radius 3 is 3.00 bits per heavy atom. The number of aromatic nitrogens is 2. The molecule has 1 atom stereocenters. The van der Waals surface area contributed by atoms with E-state index in [0.29, 0.717) is 17.7 Å². The van der Waals surface area contributed by atoms with Gasteiger partial charge in [-0.1, -0.05) is 6.07 Å². The van der Waals surface area contributed by atoms with Gasteiger partial charge in [0.25, 0.3) is 0 Å². The van der Waals surface area contributed by atoms with Crippen molar-refractivity contribution >= 4 is 11.5 Å². The second kappa shape index (κ2) is 6.71. The summed E-state index contributed by atoms with van der Waals surface area (Å²) in [5.74, 6) is 1.22. The van der Waals surface area contributed by atoms with Crippen molar-refractivity contribution in [2.75, 3.05) is 20.2 Å². The second-order valence-corrected chi connectivity index (χ2v) is 6.64. The van der Waals surface area contributed by atoms with E-state index in [2.05, 4.69) is 23.7 Å². The summed E-state index contributed by atoms with van der Waals surface area (Å²) in [6.07, 6.45) is 5.19. The molecule has 0 saturated carbocycles. The summed E-state index contributed by atoms with van der Waals surface area (Å²) in [6.45, 7) is 6.79. The highest BCUT2D eigenvalue weighted by Crippen LogP contribution is 2.23. The Morgan fingerprint density at radius 1 is 1.43 bits per heavy atom. The van der Waals surface area contributed by atoms with Gasteiger partial charge < -0.3 is 9.64 Å². The van der Waals surface area contributed by atoms with Crippen LogP contribution in [0.4, 0.5) is 0 Å². The van der Waals surface area contributed by atoms with Gasteiger partial charge in [-0.3, -0.25) is 4.40 Å². The van der Waals surface area contributed by atoms with Crippen molar-refractivity contribution in [1.82, 2.24) is 14.3 Å². The summed E-state index contributed by atoms with van der Waals surface area (Å²) in [7, 11) is 1.42. The zero-order valence-electron chi connectivity index (χ0n) is 14.2. The first-order chi connectivity index (χ1) is 11.1. The van der Waals surface area contributed by atoms with Crippen LogP contribution in [-0.2, 0) is 11.2 Å². The smallest absolute Gasteiger partial charge is 0.355 e. The second-order valence-electron chi connectivity index (χ2n) is 6.64. The molecule has 124 valence electrons. The molecule has 2 aromatic heterocycles. The number of carbonyl (C=O) groups excluding carboxylic acids is 1. The zero-order valence-corrected chi connectivity index (χ0v) is 14.2. The molecule has 0 radical (unpaired) electrons. The van der Waals surface area contributed by atoms with Crippen LogP contribution in [0.1, 0.15) is 43.0 Å². The average Bonchev–Trinajstić information content (AvgIpc) is 2.97. The van der Waals surface area contributed by atoms with Gasteiger partial charge in [0.05, 0.1) is 18.8 Å². The van der Waals surface area contributed by atoms with Gasteiger partial charge in [-0.2, -0.15) is 0 Å². The molecule has 2 aromatic rings. The fourth-order valence-electron chi connectivity index (χ4n) is 3.51. The molecule has 3 rings (SSSR count). The first-order valence-corrected chi connectivity index (χ1v) is 8.38. The summed E-state index contributed by atoms with van der Waals surface area (Å²) in [6, 6.07) is 6.23. The van der Waals surface area contributed by atoms with Crippen molar-refractivity contribution in [3.63, 3.8) is 0 Å². The lowest BCUT2D eigenvalue weighted by molar-refractivity contribution is 0.0591. The molecule has 5 nitrogen and oxygen atoms in total. The van der Waals surface area contributed by atoms with Crippen LogP contribution in [-0.4, -0.2) is 46.5 Å². The highest BCUT2D eigenvalue weighted by atomic mass is 16.5. The Balaban J connectivity index is 1.87.